The first kappa shape index (κ1) is 17.6. The number of guanidine groups is 1. The maximum atomic E-state index is 4.50. The molecule has 0 amide bonds. The molecule has 1 aliphatic heterocycles. The van der Waals surface area contributed by atoms with E-state index in [9.17, 15) is 0 Å². The zero-order chi connectivity index (χ0) is 14.7. The molecule has 1 aliphatic carbocycles. The molecule has 1 heterocycles. The number of nitrogens with one attached hydrogen (secondary N) is 1. The maximum absolute atomic E-state index is 4.50. The van der Waals surface area contributed by atoms with Crippen LogP contribution >= 0.6 is 24.0 Å². The van der Waals surface area contributed by atoms with E-state index in [1.807, 2.05) is 7.05 Å². The molecule has 2 aliphatic rings. The van der Waals surface area contributed by atoms with Gasteiger partial charge in [0.1, 0.15) is 0 Å². The van der Waals surface area contributed by atoms with Gasteiger partial charge in [-0.1, -0.05) is 37.3 Å². The third kappa shape index (κ3) is 3.94. The van der Waals surface area contributed by atoms with Gasteiger partial charge >= 0.3 is 0 Å². The summed E-state index contributed by atoms with van der Waals surface area (Å²) in [5.41, 5.74) is 1.82. The van der Waals surface area contributed by atoms with Gasteiger partial charge in [0, 0.05) is 32.1 Å². The van der Waals surface area contributed by atoms with Crippen molar-refractivity contribution < 1.29 is 0 Å². The Balaban J connectivity index is 0.00000176. The van der Waals surface area contributed by atoms with E-state index in [1.165, 1.54) is 31.2 Å². The lowest BCUT2D eigenvalue weighted by molar-refractivity contribution is 0.265. The standard InChI is InChI=1S/C18H27N3.HI/c1-15-7-6-12-21(13-15)17(19-2)20-14-18(10-11-18)16-8-4-3-5-9-16;/h3-5,8-9,15H,6-7,10-14H2,1-2H3,(H,19,20);1H. The second-order valence-corrected chi connectivity index (χ2v) is 6.74. The molecule has 0 bridgehead atoms. The number of hydrogen-bond donors (Lipinski definition) is 1. The van der Waals surface area contributed by atoms with E-state index < -0.39 is 0 Å². The topological polar surface area (TPSA) is 27.6 Å². The van der Waals surface area contributed by atoms with Crippen molar-refractivity contribution in [2.45, 2.75) is 38.0 Å². The zero-order valence-corrected chi connectivity index (χ0v) is 16.0. The quantitative estimate of drug-likeness (QED) is 0.466. The minimum absolute atomic E-state index is 0. The predicted molar refractivity (Wildman–Crippen MR) is 104 cm³/mol. The van der Waals surface area contributed by atoms with Crippen molar-refractivity contribution in [2.75, 3.05) is 26.7 Å². The number of hydrogen-bond acceptors (Lipinski definition) is 1. The average molecular weight is 413 g/mol. The van der Waals surface area contributed by atoms with Gasteiger partial charge < -0.3 is 10.2 Å². The number of aliphatic imine (C=N–C) groups is 1. The Bertz CT molecular complexity index is 496. The van der Waals surface area contributed by atoms with Gasteiger partial charge in [-0.15, -0.1) is 24.0 Å². The van der Waals surface area contributed by atoms with Crippen LogP contribution in [-0.2, 0) is 5.41 Å². The van der Waals surface area contributed by atoms with E-state index in [0.29, 0.717) is 5.41 Å². The van der Waals surface area contributed by atoms with Crippen LogP contribution in [0.15, 0.2) is 35.3 Å². The second-order valence-electron chi connectivity index (χ2n) is 6.74. The van der Waals surface area contributed by atoms with Gasteiger partial charge in [0.25, 0.3) is 0 Å². The highest BCUT2D eigenvalue weighted by Gasteiger charge is 2.44. The molecule has 3 nitrogen and oxygen atoms in total. The maximum Gasteiger partial charge on any atom is 0.193 e. The van der Waals surface area contributed by atoms with Crippen LogP contribution in [0.4, 0.5) is 0 Å². The summed E-state index contributed by atoms with van der Waals surface area (Å²) in [6.07, 6.45) is 5.21. The number of piperidine rings is 1. The minimum Gasteiger partial charge on any atom is -0.355 e. The van der Waals surface area contributed by atoms with Crippen molar-refractivity contribution >= 4 is 29.9 Å². The predicted octanol–water partition coefficient (Wildman–Crippen LogP) is 3.64. The molecule has 0 spiro atoms. The molecule has 1 saturated heterocycles. The monoisotopic (exact) mass is 413 g/mol. The van der Waals surface area contributed by atoms with Gasteiger partial charge in [-0.3, -0.25) is 4.99 Å². The largest absolute Gasteiger partial charge is 0.355 e. The second kappa shape index (κ2) is 7.66. The third-order valence-corrected chi connectivity index (χ3v) is 4.99. The molecule has 22 heavy (non-hydrogen) atoms. The van der Waals surface area contributed by atoms with Gasteiger partial charge in [-0.2, -0.15) is 0 Å². The van der Waals surface area contributed by atoms with E-state index in [4.69, 9.17) is 0 Å². The molecule has 122 valence electrons. The summed E-state index contributed by atoms with van der Waals surface area (Å²) in [5, 5.41) is 3.64. The summed E-state index contributed by atoms with van der Waals surface area (Å²) in [5.74, 6) is 1.87. The summed E-state index contributed by atoms with van der Waals surface area (Å²) in [7, 11) is 1.91. The molecule has 1 unspecified atom stereocenters. The van der Waals surface area contributed by atoms with Gasteiger partial charge in [-0.05, 0) is 37.2 Å². The van der Waals surface area contributed by atoms with Gasteiger partial charge in [0.2, 0.25) is 0 Å². The van der Waals surface area contributed by atoms with Crippen molar-refractivity contribution in [3.8, 4) is 0 Å². The van der Waals surface area contributed by atoms with E-state index >= 15 is 0 Å². The van der Waals surface area contributed by atoms with E-state index in [-0.39, 0.29) is 24.0 Å². The lowest BCUT2D eigenvalue weighted by Crippen LogP contribution is -2.48. The summed E-state index contributed by atoms with van der Waals surface area (Å²) in [4.78, 5) is 6.93. The smallest absolute Gasteiger partial charge is 0.193 e. The molecule has 4 heteroatoms. The first-order valence-electron chi connectivity index (χ1n) is 8.25. The number of likely N-dealkylation sites (tertiary alicyclic amines) is 1. The Labute approximate surface area is 151 Å². The van der Waals surface area contributed by atoms with Crippen LogP contribution < -0.4 is 5.32 Å². The Kier molecular flexibility index (Phi) is 6.12. The van der Waals surface area contributed by atoms with Crippen molar-refractivity contribution in [1.82, 2.24) is 10.2 Å². The normalized spacial score (nSPS) is 23.6. The average Bonchev–Trinajstić information content (AvgIpc) is 3.30. The summed E-state index contributed by atoms with van der Waals surface area (Å²) in [6.45, 7) is 5.63. The molecule has 2 fully saturated rings. The van der Waals surface area contributed by atoms with Gasteiger partial charge in [0.05, 0.1) is 0 Å². The molecular weight excluding hydrogens is 385 g/mol. The number of rotatable bonds is 3. The van der Waals surface area contributed by atoms with Crippen molar-refractivity contribution in [3.05, 3.63) is 35.9 Å². The highest BCUT2D eigenvalue weighted by molar-refractivity contribution is 14.0. The summed E-state index contributed by atoms with van der Waals surface area (Å²) < 4.78 is 0. The molecule has 1 atom stereocenters. The van der Waals surface area contributed by atoms with Crippen LogP contribution in [0, 0.1) is 5.92 Å². The van der Waals surface area contributed by atoms with Crippen LogP contribution in [0.5, 0.6) is 0 Å². The first-order chi connectivity index (χ1) is 10.2. The molecule has 1 N–H and O–H groups in total. The van der Waals surface area contributed by atoms with Gasteiger partial charge in [0.15, 0.2) is 5.96 Å². The van der Waals surface area contributed by atoms with Crippen molar-refractivity contribution in [2.24, 2.45) is 10.9 Å². The number of nitrogens with zero attached hydrogens (tertiary/aromatic N) is 2. The fourth-order valence-electron chi connectivity index (χ4n) is 3.47. The van der Waals surface area contributed by atoms with E-state index in [0.717, 1.165) is 31.5 Å². The van der Waals surface area contributed by atoms with E-state index in [2.05, 4.69) is 52.5 Å². The fourth-order valence-corrected chi connectivity index (χ4v) is 3.47. The molecule has 1 saturated carbocycles. The summed E-state index contributed by atoms with van der Waals surface area (Å²) in [6, 6.07) is 10.9. The SMILES string of the molecule is CN=C(NCC1(c2ccccc2)CC1)N1CCCC(C)C1.I. The Morgan fingerprint density at radius 2 is 2.05 bits per heavy atom. The zero-order valence-electron chi connectivity index (χ0n) is 13.7. The minimum atomic E-state index is 0. The van der Waals surface area contributed by atoms with Crippen molar-refractivity contribution in [3.63, 3.8) is 0 Å². The Morgan fingerprint density at radius 3 is 2.64 bits per heavy atom. The van der Waals surface area contributed by atoms with Crippen molar-refractivity contribution in [1.29, 1.82) is 0 Å². The summed E-state index contributed by atoms with van der Waals surface area (Å²) >= 11 is 0. The first-order valence-corrected chi connectivity index (χ1v) is 8.25. The highest BCUT2D eigenvalue weighted by Crippen LogP contribution is 2.47. The van der Waals surface area contributed by atoms with Crippen LogP contribution in [-0.4, -0.2) is 37.5 Å². The van der Waals surface area contributed by atoms with Crippen LogP contribution in [0.25, 0.3) is 0 Å². The Morgan fingerprint density at radius 1 is 1.32 bits per heavy atom. The highest BCUT2D eigenvalue weighted by atomic mass is 127. The molecule has 0 radical (unpaired) electrons. The molecule has 1 aromatic rings. The number of benzene rings is 1. The van der Waals surface area contributed by atoms with Crippen LogP contribution in [0.3, 0.4) is 0 Å². The molecule has 0 aromatic heterocycles. The molecule has 1 aromatic carbocycles. The molecule has 3 rings (SSSR count). The third-order valence-electron chi connectivity index (χ3n) is 4.99. The fraction of sp³-hybridized carbons (Fsp3) is 0.611. The molecular formula is C18H28IN3. The Hall–Kier alpha value is -0.780. The van der Waals surface area contributed by atoms with Gasteiger partial charge in [-0.25, -0.2) is 0 Å². The lowest BCUT2D eigenvalue weighted by Gasteiger charge is -2.34. The lowest BCUT2D eigenvalue weighted by atomic mass is 9.96. The van der Waals surface area contributed by atoms with Crippen LogP contribution in [0.1, 0.15) is 38.2 Å². The number of halogens is 1. The van der Waals surface area contributed by atoms with Crippen LogP contribution in [0.2, 0.25) is 0 Å². The van der Waals surface area contributed by atoms with E-state index in [1.54, 1.807) is 0 Å².